The molecule has 0 saturated heterocycles. The van der Waals surface area contributed by atoms with Crippen molar-refractivity contribution in [2.24, 2.45) is 16.1 Å². The topological polar surface area (TPSA) is 85.9 Å². The zero-order chi connectivity index (χ0) is 19.3. The fourth-order valence-electron chi connectivity index (χ4n) is 3.28. The molecule has 0 aromatic heterocycles. The second-order valence-corrected chi connectivity index (χ2v) is 7.49. The van der Waals surface area contributed by atoms with E-state index in [1.807, 2.05) is 18.2 Å². The average Bonchev–Trinajstić information content (AvgIpc) is 2.67. The third-order valence-electron chi connectivity index (χ3n) is 4.45. The summed E-state index contributed by atoms with van der Waals surface area (Å²) >= 11 is 0. The number of amides is 1. The Bertz CT molecular complexity index is 736. The van der Waals surface area contributed by atoms with Crippen molar-refractivity contribution >= 4 is 17.3 Å². The van der Waals surface area contributed by atoms with E-state index in [0.717, 1.165) is 36.4 Å². The molecule has 6 heteroatoms. The predicted molar refractivity (Wildman–Crippen MR) is 104 cm³/mol. The molecule has 0 aliphatic heterocycles. The summed E-state index contributed by atoms with van der Waals surface area (Å²) in [6.45, 7) is 6.66. The number of ether oxygens (including phenoxy) is 2. The lowest BCUT2D eigenvalue weighted by atomic mass is 9.84. The van der Waals surface area contributed by atoms with Crippen LogP contribution in [0.15, 0.2) is 34.5 Å². The number of aliphatic imine (C=N–C) groups is 1. The highest BCUT2D eigenvalue weighted by molar-refractivity contribution is 5.90. The Labute approximate surface area is 155 Å². The van der Waals surface area contributed by atoms with Crippen molar-refractivity contribution in [1.29, 1.82) is 0 Å². The smallest absolute Gasteiger partial charge is 0.236 e. The number of nitrogens with two attached hydrogens (primary N) is 1. The number of allylic oxidation sites excluding steroid dienone is 2. The number of nitrogens with one attached hydrogen (secondary N) is 1. The quantitative estimate of drug-likeness (QED) is 0.816. The van der Waals surface area contributed by atoms with Crippen molar-refractivity contribution in [2.75, 3.05) is 20.8 Å². The largest absolute Gasteiger partial charge is 0.493 e. The average molecular weight is 359 g/mol. The lowest BCUT2D eigenvalue weighted by Gasteiger charge is -2.24. The van der Waals surface area contributed by atoms with Gasteiger partial charge < -0.3 is 20.5 Å². The van der Waals surface area contributed by atoms with Crippen molar-refractivity contribution in [3.8, 4) is 11.5 Å². The molecule has 0 spiro atoms. The van der Waals surface area contributed by atoms with Gasteiger partial charge in [0.15, 0.2) is 11.5 Å². The summed E-state index contributed by atoms with van der Waals surface area (Å²) in [5.41, 5.74) is 9.54. The molecule has 0 fully saturated rings. The van der Waals surface area contributed by atoms with E-state index in [0.29, 0.717) is 11.5 Å². The third kappa shape index (κ3) is 5.25. The molecule has 0 radical (unpaired) electrons. The van der Waals surface area contributed by atoms with Crippen molar-refractivity contribution < 1.29 is 14.3 Å². The van der Waals surface area contributed by atoms with Gasteiger partial charge in [-0.25, -0.2) is 0 Å². The van der Waals surface area contributed by atoms with Gasteiger partial charge in [0.1, 0.15) is 0 Å². The molecule has 26 heavy (non-hydrogen) atoms. The van der Waals surface area contributed by atoms with Gasteiger partial charge in [-0.2, -0.15) is 0 Å². The number of benzene rings is 1. The van der Waals surface area contributed by atoms with E-state index in [1.54, 1.807) is 14.2 Å². The molecule has 0 unspecified atom stereocenters. The minimum atomic E-state index is -0.355. The van der Waals surface area contributed by atoms with Crippen LogP contribution in [-0.4, -0.2) is 32.4 Å². The number of nitrogens with zero attached hydrogens (tertiary/aromatic N) is 1. The Morgan fingerprint density at radius 2 is 1.92 bits per heavy atom. The van der Waals surface area contributed by atoms with E-state index < -0.39 is 0 Å². The van der Waals surface area contributed by atoms with Crippen LogP contribution in [0.2, 0.25) is 0 Å². The number of rotatable bonds is 6. The Morgan fingerprint density at radius 3 is 2.54 bits per heavy atom. The lowest BCUT2D eigenvalue weighted by Crippen LogP contribution is -2.30. The van der Waals surface area contributed by atoms with Crippen LogP contribution in [0.1, 0.15) is 40.0 Å². The van der Waals surface area contributed by atoms with Crippen molar-refractivity contribution in [3.63, 3.8) is 0 Å². The molecule has 0 bridgehead atoms. The van der Waals surface area contributed by atoms with Gasteiger partial charge in [-0.05, 0) is 42.9 Å². The first kappa shape index (κ1) is 19.8. The summed E-state index contributed by atoms with van der Waals surface area (Å²) in [5, 5.41) is 3.20. The standard InChI is InChI=1S/C20H29N3O3/c1-13-8-15(10-20(2,3)11-16(13)22-12-19(21)24)23-14-6-7-17(25-4)18(9-14)26-5/h6-7,9,22H,8,10-12H2,1-5H3,(H2,21,24). The van der Waals surface area contributed by atoms with E-state index in [4.69, 9.17) is 20.2 Å². The molecule has 142 valence electrons. The number of hydrogen-bond acceptors (Lipinski definition) is 5. The maximum Gasteiger partial charge on any atom is 0.236 e. The molecule has 2 rings (SSSR count). The van der Waals surface area contributed by atoms with E-state index in [1.165, 1.54) is 5.57 Å². The highest BCUT2D eigenvalue weighted by Crippen LogP contribution is 2.37. The van der Waals surface area contributed by atoms with E-state index in [2.05, 4.69) is 26.1 Å². The molecular formula is C20H29N3O3. The van der Waals surface area contributed by atoms with Crippen molar-refractivity contribution in [3.05, 3.63) is 29.5 Å². The van der Waals surface area contributed by atoms with Gasteiger partial charge in [0.25, 0.3) is 0 Å². The Morgan fingerprint density at radius 1 is 1.23 bits per heavy atom. The van der Waals surface area contributed by atoms with Gasteiger partial charge >= 0.3 is 0 Å². The molecule has 3 N–H and O–H groups in total. The number of methoxy groups -OCH3 is 2. The van der Waals surface area contributed by atoms with Gasteiger partial charge in [-0.1, -0.05) is 13.8 Å². The molecule has 0 saturated carbocycles. The maximum atomic E-state index is 11.1. The van der Waals surface area contributed by atoms with Crippen molar-refractivity contribution in [2.45, 2.75) is 40.0 Å². The summed E-state index contributed by atoms with van der Waals surface area (Å²) in [5.74, 6) is 0.997. The minimum absolute atomic E-state index is 0.0349. The van der Waals surface area contributed by atoms with E-state index in [-0.39, 0.29) is 17.9 Å². The van der Waals surface area contributed by atoms with Gasteiger partial charge in [-0.15, -0.1) is 0 Å². The van der Waals surface area contributed by atoms with Crippen LogP contribution in [0.3, 0.4) is 0 Å². The Hall–Kier alpha value is -2.50. The van der Waals surface area contributed by atoms with Crippen LogP contribution in [0.4, 0.5) is 5.69 Å². The summed E-state index contributed by atoms with van der Waals surface area (Å²) in [4.78, 5) is 16.0. The molecule has 1 aromatic rings. The molecule has 6 nitrogen and oxygen atoms in total. The van der Waals surface area contributed by atoms with Crippen LogP contribution in [0.5, 0.6) is 11.5 Å². The monoisotopic (exact) mass is 359 g/mol. The Kier molecular flexibility index (Phi) is 6.29. The first-order valence-electron chi connectivity index (χ1n) is 8.73. The molecule has 1 aliphatic carbocycles. The van der Waals surface area contributed by atoms with Crippen LogP contribution in [-0.2, 0) is 4.79 Å². The first-order chi connectivity index (χ1) is 12.2. The second-order valence-electron chi connectivity index (χ2n) is 7.49. The molecule has 1 aromatic carbocycles. The number of carbonyl (C=O) groups is 1. The van der Waals surface area contributed by atoms with Crippen molar-refractivity contribution in [1.82, 2.24) is 5.32 Å². The SMILES string of the molecule is COc1ccc(N=C2CC(C)=C(NCC(N)=O)CC(C)(C)C2)cc1OC. The molecule has 1 amide bonds. The first-order valence-corrected chi connectivity index (χ1v) is 8.73. The summed E-state index contributed by atoms with van der Waals surface area (Å²) < 4.78 is 10.7. The maximum absolute atomic E-state index is 11.1. The zero-order valence-corrected chi connectivity index (χ0v) is 16.3. The molecule has 0 atom stereocenters. The van der Waals surface area contributed by atoms with Gasteiger partial charge in [0.05, 0.1) is 26.5 Å². The minimum Gasteiger partial charge on any atom is -0.493 e. The second kappa shape index (κ2) is 8.25. The highest BCUT2D eigenvalue weighted by Gasteiger charge is 2.27. The lowest BCUT2D eigenvalue weighted by molar-refractivity contribution is -0.117. The highest BCUT2D eigenvalue weighted by atomic mass is 16.5. The fourth-order valence-corrected chi connectivity index (χ4v) is 3.28. The third-order valence-corrected chi connectivity index (χ3v) is 4.45. The fraction of sp³-hybridized carbons (Fsp3) is 0.500. The summed E-state index contributed by atoms with van der Waals surface area (Å²) in [7, 11) is 3.24. The van der Waals surface area contributed by atoms with Crippen LogP contribution < -0.4 is 20.5 Å². The van der Waals surface area contributed by atoms with Crippen LogP contribution in [0, 0.1) is 5.41 Å². The normalized spacial score (nSPS) is 18.4. The number of hydrogen-bond donors (Lipinski definition) is 2. The Balaban J connectivity index is 2.31. The van der Waals surface area contributed by atoms with Crippen LogP contribution >= 0.6 is 0 Å². The van der Waals surface area contributed by atoms with E-state index in [9.17, 15) is 4.79 Å². The summed E-state index contributed by atoms with van der Waals surface area (Å²) in [6, 6.07) is 5.68. The van der Waals surface area contributed by atoms with Gasteiger partial charge in [0, 0.05) is 23.9 Å². The van der Waals surface area contributed by atoms with Crippen LogP contribution in [0.25, 0.3) is 0 Å². The van der Waals surface area contributed by atoms with E-state index >= 15 is 0 Å². The molecular weight excluding hydrogens is 330 g/mol. The predicted octanol–water partition coefficient (Wildman–Crippen LogP) is 3.34. The number of carbonyl (C=O) groups excluding carboxylic acids is 1. The van der Waals surface area contributed by atoms with Gasteiger partial charge in [0.2, 0.25) is 5.91 Å². The molecule has 0 heterocycles. The zero-order valence-electron chi connectivity index (χ0n) is 16.3. The molecule has 1 aliphatic rings. The number of primary amides is 1. The summed E-state index contributed by atoms with van der Waals surface area (Å²) in [6.07, 6.45) is 2.50. The van der Waals surface area contributed by atoms with Gasteiger partial charge in [-0.3, -0.25) is 9.79 Å².